The van der Waals surface area contributed by atoms with Crippen molar-refractivity contribution in [1.82, 2.24) is 0 Å². The summed E-state index contributed by atoms with van der Waals surface area (Å²) in [5.74, 6) is 2.70. The van der Waals surface area contributed by atoms with Gasteiger partial charge in [-0.05, 0) is 138 Å². The first-order valence-corrected chi connectivity index (χ1v) is 19.9. The van der Waals surface area contributed by atoms with E-state index in [1.54, 1.807) is 0 Å². The molecule has 0 saturated carbocycles. The van der Waals surface area contributed by atoms with Crippen LogP contribution in [-0.4, -0.2) is 0 Å². The van der Waals surface area contributed by atoms with Gasteiger partial charge < -0.3 is 4.90 Å². The molecule has 0 aromatic heterocycles. The van der Waals surface area contributed by atoms with Gasteiger partial charge in [0, 0.05) is 28.0 Å². The molecule has 0 aliphatic heterocycles. The number of nitrogens with zero attached hydrogens (tertiary/aromatic N) is 1. The van der Waals surface area contributed by atoms with Crippen LogP contribution in [0.3, 0.4) is 0 Å². The molecule has 0 spiro atoms. The van der Waals surface area contributed by atoms with Gasteiger partial charge in [0.15, 0.2) is 0 Å². The Morgan fingerprint density at radius 2 is 0.776 bits per heavy atom. The van der Waals surface area contributed by atoms with Crippen LogP contribution in [0.1, 0.15) is 30.5 Å². The van der Waals surface area contributed by atoms with Gasteiger partial charge in [0.1, 0.15) is 0 Å². The Morgan fingerprint density at radius 3 is 1.36 bits per heavy atom. The molecule has 1 aliphatic carbocycles. The summed E-state index contributed by atoms with van der Waals surface area (Å²) in [6.07, 6.45) is 5.57. The highest BCUT2D eigenvalue weighted by Gasteiger charge is 2.36. The summed E-state index contributed by atoms with van der Waals surface area (Å²) in [4.78, 5) is 2.39. The molecule has 0 fully saturated rings. The van der Waals surface area contributed by atoms with Crippen LogP contribution in [0.15, 0.2) is 206 Å². The summed E-state index contributed by atoms with van der Waals surface area (Å²) >= 11 is 0. The Kier molecular flexibility index (Phi) is 8.62. The molecular formula is C57H41N. The van der Waals surface area contributed by atoms with E-state index >= 15 is 0 Å². The zero-order valence-electron chi connectivity index (χ0n) is 32.7. The molecular weight excluding hydrogens is 699 g/mol. The van der Waals surface area contributed by atoms with Gasteiger partial charge in [0.2, 0.25) is 0 Å². The van der Waals surface area contributed by atoms with Crippen molar-refractivity contribution < 1.29 is 0 Å². The highest BCUT2D eigenvalue weighted by Crippen LogP contribution is 2.52. The summed E-state index contributed by atoms with van der Waals surface area (Å²) < 4.78 is 0. The molecule has 1 nitrogen and oxygen atoms in total. The lowest BCUT2D eigenvalue weighted by molar-refractivity contribution is 0.660. The fourth-order valence-electron chi connectivity index (χ4n) is 8.71. The maximum Gasteiger partial charge on any atom is 0.0465 e. The van der Waals surface area contributed by atoms with Gasteiger partial charge in [-0.2, -0.15) is 0 Å². The second kappa shape index (κ2) is 14.3. The Hall–Kier alpha value is -7.40. The molecule has 0 saturated heterocycles. The Balaban J connectivity index is 1.01. The van der Waals surface area contributed by atoms with Crippen molar-refractivity contribution in [2.24, 2.45) is 0 Å². The van der Waals surface area contributed by atoms with Gasteiger partial charge in [-0.15, -0.1) is 6.42 Å². The predicted octanol–water partition coefficient (Wildman–Crippen LogP) is 15.3. The van der Waals surface area contributed by atoms with E-state index < -0.39 is 0 Å². The first-order chi connectivity index (χ1) is 28.4. The first kappa shape index (κ1) is 35.0. The molecule has 9 aromatic carbocycles. The number of terminal acetylenes is 1. The Morgan fingerprint density at radius 1 is 0.362 bits per heavy atom. The SMILES string of the molecule is C#Cc1ccc(-c2ccc(-c3ccc(N(c4ccc(-c5ccccc5)cc4)c4ccc5c(c4)C(C)(C)c4cc(-c6ccc7ccccc7c6)ccc4-5)cc3)cc2)cc1. The van der Waals surface area contributed by atoms with Gasteiger partial charge in [-0.25, -0.2) is 0 Å². The zero-order valence-corrected chi connectivity index (χ0v) is 32.7. The van der Waals surface area contributed by atoms with E-state index in [1.165, 1.54) is 72.0 Å². The van der Waals surface area contributed by atoms with Crippen molar-refractivity contribution in [2.75, 3.05) is 4.90 Å². The lowest BCUT2D eigenvalue weighted by Gasteiger charge is -2.28. The van der Waals surface area contributed by atoms with Crippen LogP contribution in [0.2, 0.25) is 0 Å². The lowest BCUT2D eigenvalue weighted by atomic mass is 9.81. The van der Waals surface area contributed by atoms with E-state index in [1.807, 2.05) is 12.1 Å². The summed E-state index contributed by atoms with van der Waals surface area (Å²) in [6, 6.07) is 74.9. The van der Waals surface area contributed by atoms with Crippen LogP contribution in [0.25, 0.3) is 66.4 Å². The van der Waals surface area contributed by atoms with E-state index in [2.05, 4.69) is 219 Å². The molecule has 1 aliphatic rings. The van der Waals surface area contributed by atoms with Crippen LogP contribution in [0.5, 0.6) is 0 Å². The zero-order chi connectivity index (χ0) is 39.2. The molecule has 1 heteroatoms. The number of hydrogen-bond acceptors (Lipinski definition) is 1. The average molecular weight is 740 g/mol. The monoisotopic (exact) mass is 739 g/mol. The lowest BCUT2D eigenvalue weighted by Crippen LogP contribution is -2.16. The molecule has 0 unspecified atom stereocenters. The smallest absolute Gasteiger partial charge is 0.0465 e. The largest absolute Gasteiger partial charge is 0.310 e. The second-order valence-electron chi connectivity index (χ2n) is 15.8. The van der Waals surface area contributed by atoms with Crippen molar-refractivity contribution in [2.45, 2.75) is 19.3 Å². The molecule has 0 bridgehead atoms. The second-order valence-corrected chi connectivity index (χ2v) is 15.8. The van der Waals surface area contributed by atoms with E-state index in [4.69, 9.17) is 6.42 Å². The average Bonchev–Trinajstić information content (AvgIpc) is 3.51. The molecule has 10 rings (SSSR count). The molecule has 0 atom stereocenters. The highest BCUT2D eigenvalue weighted by atomic mass is 15.1. The molecule has 0 radical (unpaired) electrons. The minimum absolute atomic E-state index is 0.185. The third kappa shape index (κ3) is 6.26. The molecule has 0 N–H and O–H groups in total. The van der Waals surface area contributed by atoms with Gasteiger partial charge in [-0.3, -0.25) is 0 Å². The number of fused-ring (bicyclic) bond motifs is 4. The molecule has 9 aromatic rings. The summed E-state index contributed by atoms with van der Waals surface area (Å²) in [5.41, 5.74) is 18.9. The van der Waals surface area contributed by atoms with Crippen LogP contribution in [0.4, 0.5) is 17.1 Å². The van der Waals surface area contributed by atoms with Gasteiger partial charge in [-0.1, -0.05) is 165 Å². The molecule has 58 heavy (non-hydrogen) atoms. The minimum Gasteiger partial charge on any atom is -0.310 e. The van der Waals surface area contributed by atoms with E-state index in [0.717, 1.165) is 28.2 Å². The fraction of sp³-hybridized carbons (Fsp3) is 0.0526. The Bertz CT molecular complexity index is 2980. The third-order valence-electron chi connectivity index (χ3n) is 12.0. The molecule has 0 heterocycles. The predicted molar refractivity (Wildman–Crippen MR) is 246 cm³/mol. The van der Waals surface area contributed by atoms with Crippen molar-refractivity contribution in [3.05, 3.63) is 223 Å². The van der Waals surface area contributed by atoms with Crippen molar-refractivity contribution in [3.63, 3.8) is 0 Å². The van der Waals surface area contributed by atoms with Crippen LogP contribution in [-0.2, 0) is 5.41 Å². The van der Waals surface area contributed by atoms with E-state index in [0.29, 0.717) is 0 Å². The van der Waals surface area contributed by atoms with Gasteiger partial charge >= 0.3 is 0 Å². The van der Waals surface area contributed by atoms with Gasteiger partial charge in [0.05, 0.1) is 0 Å². The molecule has 0 amide bonds. The van der Waals surface area contributed by atoms with Crippen LogP contribution >= 0.6 is 0 Å². The summed E-state index contributed by atoms with van der Waals surface area (Å²) in [5, 5.41) is 2.53. The third-order valence-corrected chi connectivity index (χ3v) is 12.0. The summed E-state index contributed by atoms with van der Waals surface area (Å²) in [6.45, 7) is 4.74. The number of rotatable bonds is 7. The topological polar surface area (TPSA) is 3.24 Å². The quantitative estimate of drug-likeness (QED) is 0.147. The highest BCUT2D eigenvalue weighted by molar-refractivity contribution is 5.90. The minimum atomic E-state index is -0.185. The number of benzene rings is 9. The van der Waals surface area contributed by atoms with Crippen molar-refractivity contribution >= 4 is 27.8 Å². The fourth-order valence-corrected chi connectivity index (χ4v) is 8.71. The Labute approximate surface area is 341 Å². The van der Waals surface area contributed by atoms with Crippen molar-refractivity contribution in [3.8, 4) is 68.0 Å². The maximum absolute atomic E-state index is 5.57. The van der Waals surface area contributed by atoms with E-state index in [-0.39, 0.29) is 5.41 Å². The molecule has 274 valence electrons. The van der Waals surface area contributed by atoms with E-state index in [9.17, 15) is 0 Å². The van der Waals surface area contributed by atoms with Gasteiger partial charge in [0.25, 0.3) is 0 Å². The van der Waals surface area contributed by atoms with Crippen LogP contribution < -0.4 is 4.90 Å². The van der Waals surface area contributed by atoms with Crippen LogP contribution in [0, 0.1) is 12.3 Å². The first-order valence-electron chi connectivity index (χ1n) is 19.9. The number of hydrogen-bond donors (Lipinski definition) is 0. The van der Waals surface area contributed by atoms with Crippen molar-refractivity contribution in [1.29, 1.82) is 0 Å². The normalized spacial score (nSPS) is 12.4. The maximum atomic E-state index is 5.57. The summed E-state index contributed by atoms with van der Waals surface area (Å²) in [7, 11) is 0. The number of anilines is 3. The standard InChI is InChI=1S/C57H41N/c1-4-39-14-16-42(17-15-39)43-18-20-44(21-19-43)46-26-31-51(32-27-46)58(50-29-24-45(25-30-50)40-10-6-5-7-11-40)52-33-35-54-53-34-28-49(37-55(53)57(2,3)56(54)38-52)48-23-22-41-12-8-9-13-47(41)36-48/h1,5-38H,2-3H3.